The van der Waals surface area contributed by atoms with Gasteiger partial charge in [-0.3, -0.25) is 4.79 Å². The predicted molar refractivity (Wildman–Crippen MR) is 72.2 cm³/mol. The highest BCUT2D eigenvalue weighted by atomic mass is 16.5. The van der Waals surface area contributed by atoms with Crippen molar-refractivity contribution in [1.29, 1.82) is 0 Å². The van der Waals surface area contributed by atoms with Crippen molar-refractivity contribution in [3.8, 4) is 0 Å². The van der Waals surface area contributed by atoms with Gasteiger partial charge in [-0.15, -0.1) is 0 Å². The summed E-state index contributed by atoms with van der Waals surface area (Å²) < 4.78 is 10.7. The molecule has 0 radical (unpaired) electrons. The molecule has 0 unspecified atom stereocenters. The molecule has 2 heterocycles. The Morgan fingerprint density at radius 1 is 1.50 bits per heavy atom. The fraction of sp³-hybridized carbons (Fsp3) is 0.667. The quantitative estimate of drug-likeness (QED) is 0.871. The van der Waals surface area contributed by atoms with E-state index >= 15 is 0 Å². The minimum absolute atomic E-state index is 0.0363. The van der Waals surface area contributed by atoms with Crippen LogP contribution in [0.25, 0.3) is 0 Å². The van der Waals surface area contributed by atoms with Crippen LogP contribution in [0.3, 0.4) is 0 Å². The molecule has 20 heavy (non-hydrogen) atoms. The number of nitrogens with one attached hydrogen (secondary N) is 1. The average Bonchev–Trinajstić information content (AvgIpc) is 2.85. The van der Waals surface area contributed by atoms with Crippen molar-refractivity contribution >= 4 is 5.91 Å². The molecule has 3 rings (SSSR count). The average molecular weight is 279 g/mol. The number of aliphatic hydroxyl groups is 1. The van der Waals surface area contributed by atoms with Crippen LogP contribution in [0.2, 0.25) is 0 Å². The summed E-state index contributed by atoms with van der Waals surface area (Å²) in [5, 5.41) is 13.1. The number of rotatable bonds is 3. The number of ether oxygens (including phenoxy) is 1. The van der Waals surface area contributed by atoms with Gasteiger partial charge in [-0.1, -0.05) is 0 Å². The van der Waals surface area contributed by atoms with Crippen molar-refractivity contribution in [3.05, 3.63) is 23.7 Å². The lowest BCUT2D eigenvalue weighted by Gasteiger charge is -2.55. The van der Waals surface area contributed by atoms with Crippen LogP contribution in [0.4, 0.5) is 0 Å². The van der Waals surface area contributed by atoms with Crippen molar-refractivity contribution in [2.24, 2.45) is 5.41 Å². The van der Waals surface area contributed by atoms with E-state index in [1.54, 1.807) is 6.26 Å². The van der Waals surface area contributed by atoms with E-state index in [9.17, 15) is 9.90 Å². The first-order valence-corrected chi connectivity index (χ1v) is 7.20. The molecule has 110 valence electrons. The number of carbonyl (C=O) groups excluding carboxylic acids is 1. The van der Waals surface area contributed by atoms with E-state index in [0.29, 0.717) is 25.4 Å². The molecule has 1 amide bonds. The van der Waals surface area contributed by atoms with Crippen LogP contribution >= 0.6 is 0 Å². The summed E-state index contributed by atoms with van der Waals surface area (Å²) in [6.07, 6.45) is 3.82. The lowest BCUT2D eigenvalue weighted by atomic mass is 9.58. The van der Waals surface area contributed by atoms with Crippen LogP contribution in [-0.4, -0.2) is 36.4 Å². The predicted octanol–water partition coefficient (Wildman–Crippen LogP) is 1.18. The fourth-order valence-electron chi connectivity index (χ4n) is 3.38. The summed E-state index contributed by atoms with van der Waals surface area (Å²) >= 11 is 0. The zero-order chi connectivity index (χ0) is 14.2. The van der Waals surface area contributed by atoms with Crippen molar-refractivity contribution in [1.82, 2.24) is 5.32 Å². The zero-order valence-electron chi connectivity index (χ0n) is 11.7. The van der Waals surface area contributed by atoms with Crippen LogP contribution < -0.4 is 5.32 Å². The molecule has 0 bridgehead atoms. The van der Waals surface area contributed by atoms with E-state index in [-0.39, 0.29) is 29.9 Å². The minimum atomic E-state index is -0.318. The number of aryl methyl sites for hydroxylation is 1. The van der Waals surface area contributed by atoms with Crippen LogP contribution in [0, 0.1) is 12.3 Å². The maximum atomic E-state index is 12.1. The van der Waals surface area contributed by atoms with E-state index in [2.05, 4.69) is 5.32 Å². The van der Waals surface area contributed by atoms with Crippen LogP contribution in [-0.2, 0) is 16.0 Å². The molecule has 2 N–H and O–H groups in total. The second kappa shape index (κ2) is 5.22. The Hall–Kier alpha value is -1.33. The van der Waals surface area contributed by atoms with E-state index < -0.39 is 0 Å². The van der Waals surface area contributed by atoms with Gasteiger partial charge in [-0.25, -0.2) is 0 Å². The zero-order valence-corrected chi connectivity index (χ0v) is 11.7. The highest BCUT2D eigenvalue weighted by Gasteiger charge is 2.55. The van der Waals surface area contributed by atoms with Gasteiger partial charge in [0.1, 0.15) is 5.76 Å². The number of carbonyl (C=O) groups is 1. The third-order valence-corrected chi connectivity index (χ3v) is 4.86. The molecule has 1 aromatic heterocycles. The summed E-state index contributed by atoms with van der Waals surface area (Å²) in [5.74, 6) is 0.675. The van der Waals surface area contributed by atoms with Gasteiger partial charge < -0.3 is 19.6 Å². The van der Waals surface area contributed by atoms with Gasteiger partial charge in [-0.05, 0) is 37.8 Å². The van der Waals surface area contributed by atoms with Crippen LogP contribution in [0.1, 0.15) is 30.6 Å². The number of furan rings is 1. The lowest BCUT2D eigenvalue weighted by molar-refractivity contribution is -0.155. The SMILES string of the molecule is Cc1ccoc1CC(=O)N[C@@H]1C[C@@H](O)C12CCOCC2. The third-order valence-electron chi connectivity index (χ3n) is 4.86. The first kappa shape index (κ1) is 13.6. The van der Waals surface area contributed by atoms with Crippen molar-refractivity contribution in [2.75, 3.05) is 13.2 Å². The van der Waals surface area contributed by atoms with Gasteiger partial charge in [-0.2, -0.15) is 0 Å². The van der Waals surface area contributed by atoms with E-state index in [1.165, 1.54) is 0 Å². The molecule has 1 saturated heterocycles. The molecule has 1 spiro atoms. The highest BCUT2D eigenvalue weighted by molar-refractivity contribution is 5.78. The van der Waals surface area contributed by atoms with Gasteiger partial charge >= 0.3 is 0 Å². The normalized spacial score (nSPS) is 28.1. The highest BCUT2D eigenvalue weighted by Crippen LogP contribution is 2.48. The Balaban J connectivity index is 1.60. The van der Waals surface area contributed by atoms with Crippen LogP contribution in [0.5, 0.6) is 0 Å². The molecule has 2 atom stereocenters. The molecule has 1 aromatic rings. The molecular formula is C15H21NO4. The maximum Gasteiger partial charge on any atom is 0.227 e. The first-order valence-electron chi connectivity index (χ1n) is 7.20. The first-order chi connectivity index (χ1) is 9.62. The van der Waals surface area contributed by atoms with Crippen molar-refractivity contribution in [2.45, 2.75) is 44.8 Å². The molecular weight excluding hydrogens is 258 g/mol. The Labute approximate surface area is 118 Å². The standard InChI is InChI=1S/C15H21NO4/c1-10-2-5-20-11(10)8-14(18)16-12-9-13(17)15(12)3-6-19-7-4-15/h2,5,12-13,17H,3-4,6-9H2,1H3,(H,16,18)/t12-,13-/m1/s1. The molecule has 2 aliphatic rings. The molecule has 1 aliphatic heterocycles. The van der Waals surface area contributed by atoms with Crippen molar-refractivity contribution < 1.29 is 19.1 Å². The minimum Gasteiger partial charge on any atom is -0.469 e. The number of hydrogen-bond donors (Lipinski definition) is 2. The number of amides is 1. The van der Waals surface area contributed by atoms with Gasteiger partial charge in [0, 0.05) is 24.7 Å². The second-order valence-corrected chi connectivity index (χ2v) is 5.92. The van der Waals surface area contributed by atoms with Gasteiger partial charge in [0.15, 0.2) is 0 Å². The van der Waals surface area contributed by atoms with Gasteiger partial charge in [0.2, 0.25) is 5.91 Å². The largest absolute Gasteiger partial charge is 0.469 e. The summed E-state index contributed by atoms with van der Waals surface area (Å²) in [4.78, 5) is 12.1. The van der Waals surface area contributed by atoms with Gasteiger partial charge in [0.05, 0.1) is 18.8 Å². The Bertz CT molecular complexity index is 490. The maximum absolute atomic E-state index is 12.1. The van der Waals surface area contributed by atoms with Crippen LogP contribution in [0.15, 0.2) is 16.7 Å². The number of hydrogen-bond acceptors (Lipinski definition) is 4. The molecule has 1 saturated carbocycles. The topological polar surface area (TPSA) is 71.7 Å². The molecule has 0 aromatic carbocycles. The fourth-order valence-corrected chi connectivity index (χ4v) is 3.38. The monoisotopic (exact) mass is 279 g/mol. The Morgan fingerprint density at radius 3 is 2.85 bits per heavy atom. The summed E-state index contributed by atoms with van der Waals surface area (Å²) in [5.41, 5.74) is 0.820. The molecule has 2 fully saturated rings. The third kappa shape index (κ3) is 2.25. The summed E-state index contributed by atoms with van der Waals surface area (Å²) in [7, 11) is 0. The van der Waals surface area contributed by atoms with E-state index in [0.717, 1.165) is 18.4 Å². The second-order valence-electron chi connectivity index (χ2n) is 5.92. The van der Waals surface area contributed by atoms with E-state index in [4.69, 9.17) is 9.15 Å². The lowest BCUT2D eigenvalue weighted by Crippen LogP contribution is -2.65. The smallest absolute Gasteiger partial charge is 0.227 e. The number of aliphatic hydroxyl groups excluding tert-OH is 1. The Morgan fingerprint density at radius 2 is 2.25 bits per heavy atom. The molecule has 1 aliphatic carbocycles. The van der Waals surface area contributed by atoms with Gasteiger partial charge in [0.25, 0.3) is 0 Å². The molecule has 5 nitrogen and oxygen atoms in total. The van der Waals surface area contributed by atoms with Crippen molar-refractivity contribution in [3.63, 3.8) is 0 Å². The molecule has 5 heteroatoms. The summed E-state index contributed by atoms with van der Waals surface area (Å²) in [6.45, 7) is 3.26. The van der Waals surface area contributed by atoms with E-state index in [1.807, 2.05) is 13.0 Å². The Kier molecular flexibility index (Phi) is 3.56. The summed E-state index contributed by atoms with van der Waals surface area (Å²) in [6, 6.07) is 1.92.